The van der Waals surface area contributed by atoms with Crippen LogP contribution in [0.1, 0.15) is 31.0 Å². The molecule has 2 heterocycles. The number of phenolic OH excluding ortho intramolecular Hbond substituents is 1. The summed E-state index contributed by atoms with van der Waals surface area (Å²) in [6.45, 7) is 3.67. The highest BCUT2D eigenvalue weighted by molar-refractivity contribution is 7.07. The second kappa shape index (κ2) is 9.47. The second-order valence-corrected chi connectivity index (χ2v) is 9.27. The van der Waals surface area contributed by atoms with Crippen LogP contribution in [0.15, 0.2) is 81.7 Å². The molecular formula is C28H24N2O5S. The predicted molar refractivity (Wildman–Crippen MR) is 139 cm³/mol. The molecule has 0 radical (unpaired) electrons. The monoisotopic (exact) mass is 500 g/mol. The molecule has 0 spiro atoms. The molecular weight excluding hydrogens is 476 g/mol. The van der Waals surface area contributed by atoms with Crippen molar-refractivity contribution in [3.05, 3.63) is 103 Å². The van der Waals surface area contributed by atoms with Crippen molar-refractivity contribution in [2.45, 2.75) is 19.9 Å². The van der Waals surface area contributed by atoms with E-state index in [-0.39, 0.29) is 23.5 Å². The third-order valence-electron chi connectivity index (χ3n) is 6.16. The summed E-state index contributed by atoms with van der Waals surface area (Å²) >= 11 is 1.20. The number of hydrogen-bond acceptors (Lipinski definition) is 7. The van der Waals surface area contributed by atoms with Crippen LogP contribution in [0.4, 0.5) is 0 Å². The van der Waals surface area contributed by atoms with E-state index in [1.165, 1.54) is 15.9 Å². The van der Waals surface area contributed by atoms with Crippen molar-refractivity contribution >= 4 is 34.2 Å². The fourth-order valence-corrected chi connectivity index (χ4v) is 5.59. The predicted octanol–water partition coefficient (Wildman–Crippen LogP) is 3.67. The maximum atomic E-state index is 13.9. The van der Waals surface area contributed by atoms with Gasteiger partial charge in [-0.2, -0.15) is 0 Å². The first-order valence-electron chi connectivity index (χ1n) is 11.5. The van der Waals surface area contributed by atoms with E-state index in [0.717, 1.165) is 10.8 Å². The zero-order chi connectivity index (χ0) is 25.4. The molecule has 0 saturated heterocycles. The molecule has 1 aromatic heterocycles. The second-order valence-electron chi connectivity index (χ2n) is 8.26. The summed E-state index contributed by atoms with van der Waals surface area (Å²) in [5, 5.41) is 12.1. The summed E-state index contributed by atoms with van der Waals surface area (Å²) in [6, 6.07) is 17.5. The topological polar surface area (TPSA) is 90.1 Å². The highest BCUT2D eigenvalue weighted by Gasteiger charge is 2.36. The number of allylic oxidation sites excluding steroid dienone is 1. The van der Waals surface area contributed by atoms with Crippen LogP contribution < -0.4 is 19.6 Å². The first-order valence-corrected chi connectivity index (χ1v) is 12.3. The van der Waals surface area contributed by atoms with E-state index in [0.29, 0.717) is 31.9 Å². The Kier molecular flexibility index (Phi) is 6.20. The van der Waals surface area contributed by atoms with Crippen LogP contribution >= 0.6 is 11.3 Å². The van der Waals surface area contributed by atoms with Gasteiger partial charge in [-0.15, -0.1) is 0 Å². The average molecular weight is 501 g/mol. The Balaban J connectivity index is 1.87. The molecule has 7 nitrogen and oxygen atoms in total. The molecule has 1 N–H and O–H groups in total. The van der Waals surface area contributed by atoms with Crippen LogP contribution in [0.5, 0.6) is 11.5 Å². The normalized spacial score (nSPS) is 15.5. The van der Waals surface area contributed by atoms with Gasteiger partial charge in [0.25, 0.3) is 5.56 Å². The molecule has 182 valence electrons. The van der Waals surface area contributed by atoms with Crippen LogP contribution in [-0.4, -0.2) is 29.4 Å². The van der Waals surface area contributed by atoms with Gasteiger partial charge in [0.15, 0.2) is 4.80 Å². The van der Waals surface area contributed by atoms with Gasteiger partial charge in [-0.05, 0) is 42.8 Å². The van der Waals surface area contributed by atoms with Gasteiger partial charge in [-0.25, -0.2) is 9.79 Å². The van der Waals surface area contributed by atoms with Crippen LogP contribution in [0.2, 0.25) is 0 Å². The van der Waals surface area contributed by atoms with Crippen molar-refractivity contribution < 1.29 is 19.4 Å². The molecule has 1 aliphatic rings. The first kappa shape index (κ1) is 23.6. The number of fused-ring (bicyclic) bond motifs is 2. The minimum absolute atomic E-state index is 0.0685. The summed E-state index contributed by atoms with van der Waals surface area (Å²) in [7, 11) is 1.57. The number of rotatable bonds is 5. The Labute approximate surface area is 210 Å². The molecule has 1 atom stereocenters. The molecule has 0 saturated carbocycles. The van der Waals surface area contributed by atoms with E-state index in [1.807, 2.05) is 36.4 Å². The van der Waals surface area contributed by atoms with Gasteiger partial charge in [-0.1, -0.05) is 59.9 Å². The number of phenols is 1. The fourth-order valence-electron chi connectivity index (χ4n) is 4.55. The lowest BCUT2D eigenvalue weighted by Crippen LogP contribution is -2.40. The summed E-state index contributed by atoms with van der Waals surface area (Å²) in [4.78, 5) is 32.2. The van der Waals surface area contributed by atoms with Gasteiger partial charge in [0.05, 0.1) is 29.5 Å². The van der Waals surface area contributed by atoms with Crippen LogP contribution in [0.3, 0.4) is 0 Å². The molecule has 36 heavy (non-hydrogen) atoms. The zero-order valence-electron chi connectivity index (χ0n) is 20.0. The maximum absolute atomic E-state index is 13.9. The standard InChI is InChI=1S/C28H24N2O5S/c1-4-35-27(33)23-16(2)29-28-30(26(32)22(36-28)15-18-10-6-8-12-20(18)31)25(23)24-19-11-7-5-9-17(19)13-14-21(24)34-3/h5-15,25,31H,4H2,1-3H3/b22-15-. The smallest absolute Gasteiger partial charge is 0.338 e. The van der Waals surface area contributed by atoms with Crippen LogP contribution in [0, 0.1) is 0 Å². The number of thiazole rings is 1. The summed E-state index contributed by atoms with van der Waals surface area (Å²) in [5.41, 5.74) is 1.64. The van der Waals surface area contributed by atoms with Crippen molar-refractivity contribution in [2.24, 2.45) is 4.99 Å². The lowest BCUT2D eigenvalue weighted by atomic mass is 9.90. The molecule has 5 rings (SSSR count). The molecule has 0 fully saturated rings. The van der Waals surface area contributed by atoms with E-state index >= 15 is 0 Å². The molecule has 0 amide bonds. The van der Waals surface area contributed by atoms with Gasteiger partial charge < -0.3 is 14.6 Å². The van der Waals surface area contributed by atoms with Gasteiger partial charge in [-0.3, -0.25) is 9.36 Å². The Morgan fingerprint density at radius 1 is 1.14 bits per heavy atom. The van der Waals surface area contributed by atoms with Crippen molar-refractivity contribution in [3.8, 4) is 11.5 Å². The number of carbonyl (C=O) groups is 1. The molecule has 0 aliphatic carbocycles. The summed E-state index contributed by atoms with van der Waals surface area (Å²) in [6.07, 6.45) is 1.64. The molecule has 1 aliphatic heterocycles. The van der Waals surface area contributed by atoms with Crippen molar-refractivity contribution in [1.82, 2.24) is 4.57 Å². The number of carbonyl (C=O) groups excluding carboxylic acids is 1. The number of aromatic nitrogens is 1. The Bertz CT molecular complexity index is 1710. The Hall–Kier alpha value is -4.17. The third kappa shape index (κ3) is 3.89. The van der Waals surface area contributed by atoms with Crippen LogP contribution in [0.25, 0.3) is 16.8 Å². The number of para-hydroxylation sites is 1. The Morgan fingerprint density at radius 3 is 2.64 bits per heavy atom. The maximum Gasteiger partial charge on any atom is 0.338 e. The van der Waals surface area contributed by atoms with E-state index in [9.17, 15) is 14.7 Å². The quantitative estimate of drug-likeness (QED) is 0.423. The van der Waals surface area contributed by atoms with Crippen LogP contribution in [-0.2, 0) is 9.53 Å². The lowest BCUT2D eigenvalue weighted by molar-refractivity contribution is -0.139. The molecule has 3 aromatic carbocycles. The highest BCUT2D eigenvalue weighted by Crippen LogP contribution is 2.40. The lowest BCUT2D eigenvalue weighted by Gasteiger charge is -2.27. The molecule has 1 unspecified atom stereocenters. The fraction of sp³-hybridized carbons (Fsp3) is 0.179. The number of nitrogens with zero attached hydrogens (tertiary/aromatic N) is 2. The number of aromatic hydroxyl groups is 1. The van der Waals surface area contributed by atoms with Gasteiger partial charge in [0, 0.05) is 11.1 Å². The van der Waals surface area contributed by atoms with E-state index < -0.39 is 12.0 Å². The van der Waals surface area contributed by atoms with Crippen molar-refractivity contribution in [2.75, 3.05) is 13.7 Å². The van der Waals surface area contributed by atoms with E-state index in [2.05, 4.69) is 4.99 Å². The molecule has 0 bridgehead atoms. The Morgan fingerprint density at radius 2 is 1.89 bits per heavy atom. The van der Waals surface area contributed by atoms with E-state index in [4.69, 9.17) is 9.47 Å². The molecule has 8 heteroatoms. The largest absolute Gasteiger partial charge is 0.507 e. The molecule has 4 aromatic rings. The summed E-state index contributed by atoms with van der Waals surface area (Å²) in [5.74, 6) is 0.0817. The minimum atomic E-state index is -0.812. The van der Waals surface area contributed by atoms with Gasteiger partial charge in [0.2, 0.25) is 0 Å². The van der Waals surface area contributed by atoms with Gasteiger partial charge in [0.1, 0.15) is 17.5 Å². The summed E-state index contributed by atoms with van der Waals surface area (Å²) < 4.78 is 13.1. The number of esters is 1. The SMILES string of the molecule is CCOC(=O)C1=C(C)N=c2s/c(=C\c3ccccc3O)c(=O)n2C1c1c(OC)ccc2ccccc12. The van der Waals surface area contributed by atoms with Gasteiger partial charge >= 0.3 is 5.97 Å². The highest BCUT2D eigenvalue weighted by atomic mass is 32.1. The average Bonchev–Trinajstić information content (AvgIpc) is 3.18. The number of ether oxygens (including phenoxy) is 2. The minimum Gasteiger partial charge on any atom is -0.507 e. The van der Waals surface area contributed by atoms with E-state index in [1.54, 1.807) is 51.3 Å². The zero-order valence-corrected chi connectivity index (χ0v) is 20.8. The number of benzene rings is 3. The van der Waals surface area contributed by atoms with Crippen molar-refractivity contribution in [1.29, 1.82) is 0 Å². The number of hydrogen-bond donors (Lipinski definition) is 1. The first-order chi connectivity index (χ1) is 17.4. The third-order valence-corrected chi connectivity index (χ3v) is 7.15. The van der Waals surface area contributed by atoms with Crippen molar-refractivity contribution in [3.63, 3.8) is 0 Å². The number of methoxy groups -OCH3 is 1.